The maximum atomic E-state index is 13.5. The molecule has 4 heterocycles. The summed E-state index contributed by atoms with van der Waals surface area (Å²) in [6.07, 6.45) is -2.58. The van der Waals surface area contributed by atoms with E-state index in [1.54, 1.807) is 10.6 Å². The number of alkyl halides is 3. The normalized spacial score (nSPS) is 20.6. The zero-order chi connectivity index (χ0) is 31.2. The van der Waals surface area contributed by atoms with Crippen LogP contribution in [0.2, 0.25) is 5.15 Å². The van der Waals surface area contributed by atoms with Crippen LogP contribution in [0, 0.1) is 0 Å². The molecule has 0 bridgehead atoms. The number of halogens is 4. The highest BCUT2D eigenvalue weighted by atomic mass is 35.5. The summed E-state index contributed by atoms with van der Waals surface area (Å²) in [7, 11) is 0. The van der Waals surface area contributed by atoms with Gasteiger partial charge in [-0.25, -0.2) is 4.98 Å². The number of piperidine rings is 1. The smallest absolute Gasteiger partial charge is 0.388 e. The molecule has 2 aromatic heterocycles. The van der Waals surface area contributed by atoms with Gasteiger partial charge in [-0.2, -0.15) is 13.2 Å². The molecule has 6 rings (SSSR count). The molecule has 2 aliphatic rings. The van der Waals surface area contributed by atoms with Crippen molar-refractivity contribution < 1.29 is 27.8 Å². The number of likely N-dealkylation sites (tertiary alicyclic amines) is 1. The van der Waals surface area contributed by atoms with Gasteiger partial charge in [0.25, 0.3) is 11.5 Å². The summed E-state index contributed by atoms with van der Waals surface area (Å²) in [5.41, 5.74) is -0.129. The number of carbonyl (C=O) groups excluding carboxylic acids is 1. The van der Waals surface area contributed by atoms with Gasteiger partial charge in [0, 0.05) is 30.9 Å². The van der Waals surface area contributed by atoms with Gasteiger partial charge in [-0.15, -0.1) is 0 Å². The van der Waals surface area contributed by atoms with Gasteiger partial charge in [-0.1, -0.05) is 23.7 Å². The Morgan fingerprint density at radius 1 is 1.14 bits per heavy atom. The molecule has 9 nitrogen and oxygen atoms in total. The Kier molecular flexibility index (Phi) is 8.03. The van der Waals surface area contributed by atoms with Crippen molar-refractivity contribution in [2.24, 2.45) is 0 Å². The topological polar surface area (TPSA) is 102 Å². The number of hydrogen-bond acceptors (Lipinski definition) is 6. The van der Waals surface area contributed by atoms with Crippen molar-refractivity contribution in [3.05, 3.63) is 93.1 Å². The Balaban J connectivity index is 1.14. The second-order valence-corrected chi connectivity index (χ2v) is 11.9. The highest BCUT2D eigenvalue weighted by Crippen LogP contribution is 2.31. The highest BCUT2D eigenvalue weighted by molar-refractivity contribution is 6.31. The van der Waals surface area contributed by atoms with Crippen molar-refractivity contribution in [2.45, 2.75) is 50.2 Å². The van der Waals surface area contributed by atoms with Crippen LogP contribution >= 0.6 is 11.6 Å². The van der Waals surface area contributed by atoms with Gasteiger partial charge < -0.3 is 20.1 Å². The maximum Gasteiger partial charge on any atom is 0.416 e. The van der Waals surface area contributed by atoms with Crippen LogP contribution in [0.4, 0.5) is 13.2 Å². The summed E-state index contributed by atoms with van der Waals surface area (Å²) in [6, 6.07) is 13.5. The molecule has 2 atom stereocenters. The molecule has 13 heteroatoms. The summed E-state index contributed by atoms with van der Waals surface area (Å²) in [6.45, 7) is 3.69. The molecule has 2 fully saturated rings. The van der Waals surface area contributed by atoms with Crippen LogP contribution in [0.3, 0.4) is 0 Å². The van der Waals surface area contributed by atoms with E-state index in [9.17, 15) is 27.9 Å². The lowest BCUT2D eigenvalue weighted by atomic mass is 9.91. The van der Waals surface area contributed by atoms with Crippen molar-refractivity contribution in [3.63, 3.8) is 0 Å². The minimum atomic E-state index is -4.49. The zero-order valence-electron chi connectivity index (χ0n) is 23.9. The Bertz CT molecular complexity index is 1720. The lowest BCUT2D eigenvalue weighted by molar-refractivity contribution is -0.137. The second kappa shape index (κ2) is 11.7. The standard InChI is InChI=1S/C31H31ClF3N5O4/c1-19-15-36-25(16-44-19)20-4-8-23(9-5-20)40-26(32)14-24-27(40)37-18-39(29(24)42)17-30(43)10-12-38(13-11-30)28(41)21-2-6-22(7-3-21)31(33,34)35/h2-9,14,18-19,25,36,43H,10-13,15-17H2,1H3/t19-,25-/m0/s1. The average molecular weight is 630 g/mol. The maximum absolute atomic E-state index is 13.5. The Morgan fingerprint density at radius 3 is 2.43 bits per heavy atom. The predicted molar refractivity (Wildman–Crippen MR) is 158 cm³/mol. The number of aliphatic hydroxyl groups is 1. The molecule has 2 aromatic carbocycles. The minimum Gasteiger partial charge on any atom is -0.388 e. The molecular formula is C31H31ClF3N5O4. The number of benzene rings is 2. The summed E-state index contributed by atoms with van der Waals surface area (Å²) in [5.74, 6) is -0.414. The van der Waals surface area contributed by atoms with Gasteiger partial charge >= 0.3 is 6.18 Å². The molecule has 0 saturated carbocycles. The van der Waals surface area contributed by atoms with E-state index in [0.29, 0.717) is 22.8 Å². The van der Waals surface area contributed by atoms with Crippen LogP contribution < -0.4 is 10.9 Å². The molecule has 232 valence electrons. The third-order valence-corrected chi connectivity index (χ3v) is 8.68. The van der Waals surface area contributed by atoms with Gasteiger partial charge in [0.1, 0.15) is 11.5 Å². The number of rotatable bonds is 5. The Hall–Kier alpha value is -3.71. The van der Waals surface area contributed by atoms with Gasteiger partial charge in [0.05, 0.1) is 41.8 Å². The quantitative estimate of drug-likeness (QED) is 0.335. The number of carbonyl (C=O) groups is 1. The first-order valence-corrected chi connectivity index (χ1v) is 14.7. The van der Waals surface area contributed by atoms with Crippen molar-refractivity contribution in [1.29, 1.82) is 0 Å². The number of ether oxygens (including phenoxy) is 1. The van der Waals surface area contributed by atoms with Gasteiger partial charge in [-0.05, 0) is 67.8 Å². The Labute approximate surface area is 255 Å². The molecular weight excluding hydrogens is 599 g/mol. The second-order valence-electron chi connectivity index (χ2n) is 11.5. The summed E-state index contributed by atoms with van der Waals surface area (Å²) < 4.78 is 47.4. The molecule has 2 saturated heterocycles. The minimum absolute atomic E-state index is 0.0380. The monoisotopic (exact) mass is 629 g/mol. The van der Waals surface area contributed by atoms with Crippen LogP contribution in [0.1, 0.15) is 47.3 Å². The van der Waals surface area contributed by atoms with E-state index in [1.807, 2.05) is 31.2 Å². The fourth-order valence-electron chi connectivity index (χ4n) is 5.79. The lowest BCUT2D eigenvalue weighted by Crippen LogP contribution is -2.49. The number of morpholine rings is 1. The van der Waals surface area contributed by atoms with E-state index >= 15 is 0 Å². The molecule has 0 radical (unpaired) electrons. The molecule has 2 N–H and O–H groups in total. The lowest BCUT2D eigenvalue weighted by Gasteiger charge is -2.38. The van der Waals surface area contributed by atoms with E-state index in [-0.39, 0.29) is 55.7 Å². The molecule has 0 aliphatic carbocycles. The van der Waals surface area contributed by atoms with Gasteiger partial charge in [-0.3, -0.25) is 18.7 Å². The molecule has 4 aromatic rings. The van der Waals surface area contributed by atoms with E-state index in [0.717, 1.165) is 42.1 Å². The van der Waals surface area contributed by atoms with E-state index in [1.165, 1.54) is 15.8 Å². The molecule has 2 aliphatic heterocycles. The van der Waals surface area contributed by atoms with Gasteiger partial charge in [0.2, 0.25) is 0 Å². The van der Waals surface area contributed by atoms with E-state index in [2.05, 4.69) is 10.3 Å². The van der Waals surface area contributed by atoms with Crippen LogP contribution in [0.15, 0.2) is 65.7 Å². The molecule has 0 unspecified atom stereocenters. The number of fused-ring (bicyclic) bond motifs is 1. The SMILES string of the molecule is C[C@H]1CN[C@H](c2ccc(-n3c(Cl)cc4c(=O)n(CC5(O)CCN(C(=O)c6ccc(C(F)(F)F)cc6)CC5)cnc43)cc2)CO1. The fraction of sp³-hybridized carbons (Fsp3) is 0.387. The third kappa shape index (κ3) is 5.99. The van der Waals surface area contributed by atoms with E-state index < -0.39 is 23.2 Å². The number of hydrogen-bond donors (Lipinski definition) is 2. The van der Waals surface area contributed by atoms with Gasteiger partial charge in [0.15, 0.2) is 5.65 Å². The van der Waals surface area contributed by atoms with Crippen LogP contribution in [-0.4, -0.2) is 68.0 Å². The summed E-state index contributed by atoms with van der Waals surface area (Å²) in [5, 5.41) is 15.4. The van der Waals surface area contributed by atoms with E-state index in [4.69, 9.17) is 16.3 Å². The molecule has 44 heavy (non-hydrogen) atoms. The average Bonchev–Trinajstić information content (AvgIpc) is 3.35. The Morgan fingerprint density at radius 2 is 1.82 bits per heavy atom. The van der Waals surface area contributed by atoms with Crippen LogP contribution in [0.25, 0.3) is 16.7 Å². The van der Waals surface area contributed by atoms with Crippen molar-refractivity contribution in [3.8, 4) is 5.69 Å². The van der Waals surface area contributed by atoms with Crippen molar-refractivity contribution in [2.75, 3.05) is 26.2 Å². The summed E-state index contributed by atoms with van der Waals surface area (Å²) in [4.78, 5) is 32.3. The number of aromatic nitrogens is 3. The van der Waals surface area contributed by atoms with Crippen molar-refractivity contribution in [1.82, 2.24) is 24.3 Å². The highest BCUT2D eigenvalue weighted by Gasteiger charge is 2.36. The summed E-state index contributed by atoms with van der Waals surface area (Å²) >= 11 is 6.58. The fourth-order valence-corrected chi connectivity index (χ4v) is 6.07. The van der Waals surface area contributed by atoms with Crippen LogP contribution in [0.5, 0.6) is 0 Å². The number of amides is 1. The van der Waals surface area contributed by atoms with Crippen molar-refractivity contribution >= 4 is 28.5 Å². The third-order valence-electron chi connectivity index (χ3n) is 8.40. The number of nitrogens with zero attached hydrogens (tertiary/aromatic N) is 4. The zero-order valence-corrected chi connectivity index (χ0v) is 24.6. The first-order chi connectivity index (χ1) is 20.9. The molecule has 0 spiro atoms. The first-order valence-electron chi connectivity index (χ1n) is 14.3. The first kappa shape index (κ1) is 30.3. The predicted octanol–water partition coefficient (Wildman–Crippen LogP) is 4.58. The molecule has 1 amide bonds. The van der Waals surface area contributed by atoms with Crippen LogP contribution in [-0.2, 0) is 17.5 Å². The number of nitrogens with one attached hydrogen (secondary N) is 1. The largest absolute Gasteiger partial charge is 0.416 e.